The van der Waals surface area contributed by atoms with Crippen molar-refractivity contribution in [1.82, 2.24) is 0 Å². The lowest BCUT2D eigenvalue weighted by Gasteiger charge is -2.16. The van der Waals surface area contributed by atoms with Crippen molar-refractivity contribution in [2.45, 2.75) is 27.7 Å². The number of nitrogens with one attached hydrogen (secondary N) is 1. The standard InChI is InChI=1S/C13H17NO3/c1-9(15)10-5-7-11(8-6-10)14-17-12(16)13(2,3)4/h5-8,14H,1-4H3. The predicted octanol–water partition coefficient (Wildman–Crippen LogP) is 2.81. The third-order valence-electron chi connectivity index (χ3n) is 2.17. The Labute approximate surface area is 101 Å². The van der Waals surface area contributed by atoms with Gasteiger partial charge in [-0.15, -0.1) is 0 Å². The van der Waals surface area contributed by atoms with Crippen molar-refractivity contribution in [1.29, 1.82) is 0 Å². The van der Waals surface area contributed by atoms with E-state index in [1.165, 1.54) is 6.92 Å². The van der Waals surface area contributed by atoms with Crippen LogP contribution in [0.25, 0.3) is 0 Å². The van der Waals surface area contributed by atoms with Crippen molar-refractivity contribution >= 4 is 17.4 Å². The van der Waals surface area contributed by atoms with E-state index in [2.05, 4.69) is 5.48 Å². The lowest BCUT2D eigenvalue weighted by atomic mass is 9.98. The summed E-state index contributed by atoms with van der Waals surface area (Å²) in [6, 6.07) is 6.73. The first kappa shape index (κ1) is 13.2. The molecule has 1 N–H and O–H groups in total. The first-order valence-corrected chi connectivity index (χ1v) is 5.39. The minimum Gasteiger partial charge on any atom is -0.343 e. The molecule has 92 valence electrons. The van der Waals surface area contributed by atoms with Crippen LogP contribution < -0.4 is 5.48 Å². The summed E-state index contributed by atoms with van der Waals surface area (Å²) in [5, 5.41) is 0. The monoisotopic (exact) mass is 235 g/mol. The van der Waals surface area contributed by atoms with Gasteiger partial charge >= 0.3 is 5.97 Å². The molecule has 0 saturated carbocycles. The largest absolute Gasteiger partial charge is 0.343 e. The molecule has 4 heteroatoms. The van der Waals surface area contributed by atoms with Crippen molar-refractivity contribution < 1.29 is 14.4 Å². The molecule has 0 unspecified atom stereocenters. The molecule has 0 bridgehead atoms. The summed E-state index contributed by atoms with van der Waals surface area (Å²) in [4.78, 5) is 27.4. The molecule has 0 aliphatic heterocycles. The summed E-state index contributed by atoms with van der Waals surface area (Å²) < 4.78 is 0. The molecule has 0 spiro atoms. The molecule has 1 aromatic carbocycles. The fourth-order valence-electron chi connectivity index (χ4n) is 1.03. The number of anilines is 1. The predicted molar refractivity (Wildman–Crippen MR) is 65.6 cm³/mol. The highest BCUT2D eigenvalue weighted by molar-refractivity contribution is 5.94. The third kappa shape index (κ3) is 3.90. The summed E-state index contributed by atoms with van der Waals surface area (Å²) in [5.41, 5.74) is 3.26. The Morgan fingerprint density at radius 2 is 1.65 bits per heavy atom. The molecule has 17 heavy (non-hydrogen) atoms. The molecular weight excluding hydrogens is 218 g/mol. The molecule has 0 amide bonds. The molecule has 0 saturated heterocycles. The minimum atomic E-state index is -0.549. The van der Waals surface area contributed by atoms with Gasteiger partial charge in [-0.3, -0.25) is 4.79 Å². The van der Waals surface area contributed by atoms with Gasteiger partial charge in [-0.1, -0.05) is 0 Å². The van der Waals surface area contributed by atoms with Crippen molar-refractivity contribution in [2.24, 2.45) is 5.41 Å². The van der Waals surface area contributed by atoms with Crippen LogP contribution >= 0.6 is 0 Å². The van der Waals surface area contributed by atoms with E-state index in [0.29, 0.717) is 11.3 Å². The van der Waals surface area contributed by atoms with Gasteiger partial charge in [0, 0.05) is 5.56 Å². The second kappa shape index (κ2) is 4.99. The Hall–Kier alpha value is -1.84. The molecule has 0 heterocycles. The van der Waals surface area contributed by atoms with E-state index in [1.807, 2.05) is 0 Å². The average Bonchev–Trinajstić information content (AvgIpc) is 2.25. The highest BCUT2D eigenvalue weighted by atomic mass is 16.7. The van der Waals surface area contributed by atoms with Crippen molar-refractivity contribution in [3.63, 3.8) is 0 Å². The molecule has 4 nitrogen and oxygen atoms in total. The van der Waals surface area contributed by atoms with Crippen LogP contribution in [0, 0.1) is 5.41 Å². The number of Topliss-reactive ketones (excluding diaryl/α,β-unsaturated/α-hetero) is 1. The first-order valence-electron chi connectivity index (χ1n) is 5.39. The molecule has 0 aromatic heterocycles. The van der Waals surface area contributed by atoms with Crippen LogP contribution in [0.3, 0.4) is 0 Å². The minimum absolute atomic E-state index is 0.00300. The van der Waals surface area contributed by atoms with Gasteiger partial charge in [0.15, 0.2) is 5.78 Å². The lowest BCUT2D eigenvalue weighted by Crippen LogP contribution is -2.25. The van der Waals surface area contributed by atoms with E-state index < -0.39 is 5.41 Å². The molecule has 0 aliphatic rings. The van der Waals surface area contributed by atoms with Gasteiger partial charge in [0.2, 0.25) is 0 Å². The average molecular weight is 235 g/mol. The Bertz CT molecular complexity index is 415. The zero-order valence-corrected chi connectivity index (χ0v) is 10.5. The summed E-state index contributed by atoms with van der Waals surface area (Å²) in [5.74, 6) is -0.337. The first-order chi connectivity index (χ1) is 7.80. The number of hydrogen-bond donors (Lipinski definition) is 1. The maximum absolute atomic E-state index is 11.5. The maximum atomic E-state index is 11.5. The van der Waals surface area contributed by atoms with Gasteiger partial charge in [0.05, 0.1) is 11.1 Å². The van der Waals surface area contributed by atoms with Gasteiger partial charge in [0.25, 0.3) is 0 Å². The van der Waals surface area contributed by atoms with Gasteiger partial charge in [-0.2, -0.15) is 0 Å². The van der Waals surface area contributed by atoms with Crippen LogP contribution in [0.1, 0.15) is 38.1 Å². The van der Waals surface area contributed by atoms with E-state index in [4.69, 9.17) is 4.84 Å². The number of carbonyl (C=O) groups excluding carboxylic acids is 2. The number of rotatable bonds is 3. The molecule has 0 radical (unpaired) electrons. The Morgan fingerprint density at radius 3 is 2.06 bits per heavy atom. The van der Waals surface area contributed by atoms with Crippen LogP contribution in [0.2, 0.25) is 0 Å². The van der Waals surface area contributed by atoms with Gasteiger partial charge in [-0.25, -0.2) is 10.3 Å². The number of ketones is 1. The molecule has 1 aromatic rings. The van der Waals surface area contributed by atoms with Crippen LogP contribution in [0.15, 0.2) is 24.3 Å². The van der Waals surface area contributed by atoms with Crippen LogP contribution in [-0.4, -0.2) is 11.8 Å². The highest BCUT2D eigenvalue weighted by Crippen LogP contribution is 2.16. The van der Waals surface area contributed by atoms with Crippen molar-refractivity contribution in [3.8, 4) is 0 Å². The molecule has 0 fully saturated rings. The topological polar surface area (TPSA) is 55.4 Å². The highest BCUT2D eigenvalue weighted by Gasteiger charge is 2.23. The van der Waals surface area contributed by atoms with Gasteiger partial charge in [0.1, 0.15) is 0 Å². The second-order valence-electron chi connectivity index (χ2n) is 4.88. The summed E-state index contributed by atoms with van der Waals surface area (Å²) in [7, 11) is 0. The fraction of sp³-hybridized carbons (Fsp3) is 0.385. The quantitative estimate of drug-likeness (QED) is 0.646. The third-order valence-corrected chi connectivity index (χ3v) is 2.17. The summed E-state index contributed by atoms with van der Waals surface area (Å²) >= 11 is 0. The van der Waals surface area contributed by atoms with Crippen molar-refractivity contribution in [3.05, 3.63) is 29.8 Å². The van der Waals surface area contributed by atoms with Gasteiger partial charge in [-0.05, 0) is 52.0 Å². The van der Waals surface area contributed by atoms with Crippen LogP contribution in [0.4, 0.5) is 5.69 Å². The summed E-state index contributed by atoms with van der Waals surface area (Å²) in [6.45, 7) is 6.82. The number of hydrogen-bond acceptors (Lipinski definition) is 4. The van der Waals surface area contributed by atoms with E-state index in [1.54, 1.807) is 45.0 Å². The zero-order chi connectivity index (χ0) is 13.1. The SMILES string of the molecule is CC(=O)c1ccc(NOC(=O)C(C)(C)C)cc1. The molecule has 0 aliphatic carbocycles. The van der Waals surface area contributed by atoms with E-state index in [9.17, 15) is 9.59 Å². The van der Waals surface area contributed by atoms with Gasteiger partial charge < -0.3 is 4.84 Å². The fourth-order valence-corrected chi connectivity index (χ4v) is 1.03. The molecule has 0 atom stereocenters. The zero-order valence-electron chi connectivity index (χ0n) is 10.5. The molecular formula is C13H17NO3. The maximum Gasteiger partial charge on any atom is 0.337 e. The number of carbonyl (C=O) groups is 2. The van der Waals surface area contributed by atoms with Crippen molar-refractivity contribution in [2.75, 3.05) is 5.48 Å². The Morgan fingerprint density at radius 1 is 1.12 bits per heavy atom. The lowest BCUT2D eigenvalue weighted by molar-refractivity contribution is -0.149. The smallest absolute Gasteiger partial charge is 0.337 e. The van der Waals surface area contributed by atoms with E-state index in [0.717, 1.165) is 0 Å². The Kier molecular flexibility index (Phi) is 3.89. The Balaban J connectivity index is 2.59. The van der Waals surface area contributed by atoms with E-state index in [-0.39, 0.29) is 11.8 Å². The second-order valence-corrected chi connectivity index (χ2v) is 4.88. The summed E-state index contributed by atoms with van der Waals surface area (Å²) in [6.07, 6.45) is 0. The van der Waals surface area contributed by atoms with Crippen LogP contribution in [0.5, 0.6) is 0 Å². The normalized spacial score (nSPS) is 10.8. The number of benzene rings is 1. The van der Waals surface area contributed by atoms with Crippen LogP contribution in [-0.2, 0) is 9.63 Å². The molecule has 1 rings (SSSR count). The van der Waals surface area contributed by atoms with E-state index >= 15 is 0 Å².